The van der Waals surface area contributed by atoms with Gasteiger partial charge in [-0.2, -0.15) is 0 Å². The number of rotatable bonds is 3. The number of benzene rings is 1. The highest BCUT2D eigenvalue weighted by molar-refractivity contribution is 5.97. The smallest absolute Gasteiger partial charge is 0.359 e. The molecule has 0 radical (unpaired) electrons. The highest BCUT2D eigenvalue weighted by Gasteiger charge is 2.19. The molecule has 1 aromatic heterocycles. The van der Waals surface area contributed by atoms with Gasteiger partial charge in [-0.15, -0.1) is 10.2 Å². The van der Waals surface area contributed by atoms with Gasteiger partial charge in [0.1, 0.15) is 0 Å². The molecule has 0 N–H and O–H groups in total. The van der Waals surface area contributed by atoms with Crippen LogP contribution in [0.4, 0.5) is 0 Å². The largest absolute Gasteiger partial charge is 0.464 e. The Bertz CT molecular complexity index is 641. The zero-order valence-electron chi connectivity index (χ0n) is 11.0. The lowest BCUT2D eigenvalue weighted by Gasteiger charge is -2.07. The van der Waals surface area contributed by atoms with Crippen molar-refractivity contribution in [3.05, 3.63) is 47.8 Å². The molecule has 0 spiro atoms. The molecular formula is C14H12N2O4. The maximum Gasteiger partial charge on any atom is 0.359 e. The molecular weight excluding hydrogens is 260 g/mol. The molecule has 0 bridgehead atoms. The molecule has 0 aliphatic rings. The topological polar surface area (TPSA) is 78.4 Å². The second-order valence-corrected chi connectivity index (χ2v) is 3.84. The maximum atomic E-state index is 11.7. The van der Waals surface area contributed by atoms with E-state index in [0.717, 1.165) is 5.56 Å². The molecule has 102 valence electrons. The summed E-state index contributed by atoms with van der Waals surface area (Å²) in [4.78, 5) is 23.2. The minimum atomic E-state index is -0.619. The van der Waals surface area contributed by atoms with Gasteiger partial charge in [0.15, 0.2) is 11.4 Å². The van der Waals surface area contributed by atoms with Crippen molar-refractivity contribution >= 4 is 11.9 Å². The highest BCUT2D eigenvalue weighted by Crippen LogP contribution is 2.23. The van der Waals surface area contributed by atoms with Crippen LogP contribution in [0.15, 0.2) is 36.4 Å². The zero-order chi connectivity index (χ0) is 14.5. The zero-order valence-corrected chi connectivity index (χ0v) is 11.0. The molecule has 0 unspecified atom stereocenters. The number of nitrogens with zero attached hydrogens (tertiary/aromatic N) is 2. The van der Waals surface area contributed by atoms with E-state index in [1.807, 2.05) is 18.2 Å². The maximum absolute atomic E-state index is 11.7. The standard InChI is InChI=1S/C14H12N2O4/c1-19-13(17)11-8-10(9-6-4-3-5-7-9)12(16-15-11)14(18)20-2/h3-8H,1-2H3. The Labute approximate surface area is 115 Å². The van der Waals surface area contributed by atoms with E-state index in [1.54, 1.807) is 12.1 Å². The van der Waals surface area contributed by atoms with E-state index in [0.29, 0.717) is 5.56 Å². The van der Waals surface area contributed by atoms with Crippen molar-refractivity contribution in [3.63, 3.8) is 0 Å². The third-order valence-corrected chi connectivity index (χ3v) is 2.65. The summed E-state index contributed by atoms with van der Waals surface area (Å²) in [7, 11) is 2.51. The Kier molecular flexibility index (Phi) is 4.05. The van der Waals surface area contributed by atoms with Crippen LogP contribution in [0.3, 0.4) is 0 Å². The number of methoxy groups -OCH3 is 2. The molecule has 0 fully saturated rings. The van der Waals surface area contributed by atoms with Crippen LogP contribution >= 0.6 is 0 Å². The molecule has 2 aromatic rings. The predicted octanol–water partition coefficient (Wildman–Crippen LogP) is 1.72. The van der Waals surface area contributed by atoms with Gasteiger partial charge >= 0.3 is 11.9 Å². The van der Waals surface area contributed by atoms with Gasteiger partial charge in [-0.1, -0.05) is 30.3 Å². The molecule has 6 nitrogen and oxygen atoms in total. The molecule has 0 aliphatic carbocycles. The molecule has 0 saturated carbocycles. The Morgan fingerprint density at radius 3 is 2.20 bits per heavy atom. The van der Waals surface area contributed by atoms with Crippen molar-refractivity contribution in [2.75, 3.05) is 14.2 Å². The average molecular weight is 272 g/mol. The lowest BCUT2D eigenvalue weighted by molar-refractivity contribution is 0.0574. The third kappa shape index (κ3) is 2.64. The Morgan fingerprint density at radius 2 is 1.60 bits per heavy atom. The van der Waals surface area contributed by atoms with Gasteiger partial charge in [0.2, 0.25) is 0 Å². The monoisotopic (exact) mass is 272 g/mol. The Balaban J connectivity index is 2.60. The summed E-state index contributed by atoms with van der Waals surface area (Å²) in [5.41, 5.74) is 1.27. The van der Waals surface area contributed by atoms with E-state index in [9.17, 15) is 9.59 Å². The van der Waals surface area contributed by atoms with Crippen molar-refractivity contribution in [3.8, 4) is 11.1 Å². The second-order valence-electron chi connectivity index (χ2n) is 3.84. The molecule has 1 aromatic carbocycles. The first-order valence-corrected chi connectivity index (χ1v) is 5.77. The van der Waals surface area contributed by atoms with Gasteiger partial charge < -0.3 is 9.47 Å². The van der Waals surface area contributed by atoms with Gasteiger partial charge in [0.25, 0.3) is 0 Å². The van der Waals surface area contributed by atoms with E-state index in [2.05, 4.69) is 19.7 Å². The number of hydrogen-bond acceptors (Lipinski definition) is 6. The predicted molar refractivity (Wildman–Crippen MR) is 70.1 cm³/mol. The minimum Gasteiger partial charge on any atom is -0.464 e. The van der Waals surface area contributed by atoms with Crippen LogP contribution < -0.4 is 0 Å². The number of carbonyl (C=O) groups excluding carboxylic acids is 2. The van der Waals surface area contributed by atoms with E-state index in [-0.39, 0.29) is 11.4 Å². The Morgan fingerprint density at radius 1 is 0.950 bits per heavy atom. The summed E-state index contributed by atoms with van der Waals surface area (Å²) in [5.74, 6) is -1.24. The van der Waals surface area contributed by atoms with Crippen molar-refractivity contribution in [2.45, 2.75) is 0 Å². The van der Waals surface area contributed by atoms with Crippen molar-refractivity contribution < 1.29 is 19.1 Å². The molecule has 0 amide bonds. The van der Waals surface area contributed by atoms with Gasteiger partial charge in [0.05, 0.1) is 14.2 Å². The molecule has 6 heteroatoms. The van der Waals surface area contributed by atoms with Crippen molar-refractivity contribution in [1.29, 1.82) is 0 Å². The fourth-order valence-electron chi connectivity index (χ4n) is 1.68. The lowest BCUT2D eigenvalue weighted by Crippen LogP contribution is -2.12. The van der Waals surface area contributed by atoms with E-state index in [1.165, 1.54) is 20.3 Å². The number of hydrogen-bond donors (Lipinski definition) is 0. The van der Waals surface area contributed by atoms with Gasteiger partial charge in [-0.3, -0.25) is 0 Å². The van der Waals surface area contributed by atoms with Crippen LogP contribution in [0, 0.1) is 0 Å². The van der Waals surface area contributed by atoms with Crippen LogP contribution in [0.5, 0.6) is 0 Å². The number of carbonyl (C=O) groups is 2. The molecule has 0 atom stereocenters. The SMILES string of the molecule is COC(=O)c1cc(-c2ccccc2)c(C(=O)OC)nn1. The van der Waals surface area contributed by atoms with Crippen molar-refractivity contribution in [1.82, 2.24) is 10.2 Å². The number of esters is 2. The second kappa shape index (κ2) is 5.92. The summed E-state index contributed by atoms with van der Waals surface area (Å²) in [6, 6.07) is 10.5. The summed E-state index contributed by atoms with van der Waals surface area (Å²) in [6.45, 7) is 0. The van der Waals surface area contributed by atoms with Crippen LogP contribution in [-0.4, -0.2) is 36.4 Å². The van der Waals surface area contributed by atoms with Crippen molar-refractivity contribution in [2.24, 2.45) is 0 Å². The van der Waals surface area contributed by atoms with Gasteiger partial charge in [-0.25, -0.2) is 9.59 Å². The first kappa shape index (κ1) is 13.7. The average Bonchev–Trinajstić information content (AvgIpc) is 2.53. The molecule has 0 saturated heterocycles. The Hall–Kier alpha value is -2.76. The number of aromatic nitrogens is 2. The quantitative estimate of drug-likeness (QED) is 0.791. The number of ether oxygens (including phenoxy) is 2. The fourth-order valence-corrected chi connectivity index (χ4v) is 1.68. The third-order valence-electron chi connectivity index (χ3n) is 2.65. The highest BCUT2D eigenvalue weighted by atomic mass is 16.5. The molecule has 20 heavy (non-hydrogen) atoms. The van der Waals surface area contributed by atoms with Crippen LogP contribution in [0.2, 0.25) is 0 Å². The van der Waals surface area contributed by atoms with E-state index in [4.69, 9.17) is 0 Å². The van der Waals surface area contributed by atoms with Crippen LogP contribution in [0.25, 0.3) is 11.1 Å². The van der Waals surface area contributed by atoms with Crippen LogP contribution in [0.1, 0.15) is 21.0 Å². The summed E-state index contributed by atoms with van der Waals surface area (Å²) in [6.07, 6.45) is 0. The first-order valence-electron chi connectivity index (χ1n) is 5.77. The van der Waals surface area contributed by atoms with Gasteiger partial charge in [0, 0.05) is 5.56 Å². The first-order chi connectivity index (χ1) is 9.67. The lowest BCUT2D eigenvalue weighted by atomic mass is 10.0. The fraction of sp³-hybridized carbons (Fsp3) is 0.143. The van der Waals surface area contributed by atoms with Crippen LogP contribution in [-0.2, 0) is 9.47 Å². The van der Waals surface area contributed by atoms with E-state index < -0.39 is 11.9 Å². The molecule has 1 heterocycles. The van der Waals surface area contributed by atoms with Gasteiger partial charge in [-0.05, 0) is 11.6 Å². The normalized spacial score (nSPS) is 9.90. The summed E-state index contributed by atoms with van der Waals surface area (Å²) in [5, 5.41) is 7.45. The molecule has 0 aliphatic heterocycles. The summed E-state index contributed by atoms with van der Waals surface area (Å²) < 4.78 is 9.26. The van der Waals surface area contributed by atoms with E-state index >= 15 is 0 Å². The molecule has 2 rings (SSSR count). The summed E-state index contributed by atoms with van der Waals surface area (Å²) >= 11 is 0. The minimum absolute atomic E-state index is 0.0269.